The predicted molar refractivity (Wildman–Crippen MR) is 73.1 cm³/mol. The first-order valence-electron chi connectivity index (χ1n) is 5.87. The second-order valence-corrected chi connectivity index (χ2v) is 5.51. The highest BCUT2D eigenvalue weighted by Gasteiger charge is 2.06. The molecule has 0 aliphatic rings. The van der Waals surface area contributed by atoms with Crippen LogP contribution in [0.2, 0.25) is 0 Å². The fourth-order valence-electron chi connectivity index (χ4n) is 1.43. The molecule has 6 heteroatoms. The molecule has 0 unspecified atom stereocenters. The van der Waals surface area contributed by atoms with Crippen molar-refractivity contribution < 1.29 is 0 Å². The highest BCUT2D eigenvalue weighted by atomic mass is 32.1. The van der Waals surface area contributed by atoms with E-state index in [1.165, 1.54) is 0 Å². The van der Waals surface area contributed by atoms with Gasteiger partial charge in [0.25, 0.3) is 5.56 Å². The minimum absolute atomic E-state index is 0.176. The standard InChI is InChI=1S/C12H16N4OS/c1-8(2)7-13-12-14-11(17)10(15-16-12)6-9-4-3-5-18-9/h3-5,8H,6-7H2,1-2H3,(H2,13,14,16,17). The molecule has 0 saturated carbocycles. The monoisotopic (exact) mass is 264 g/mol. The molecule has 0 spiro atoms. The highest BCUT2D eigenvalue weighted by Crippen LogP contribution is 2.11. The van der Waals surface area contributed by atoms with Crippen LogP contribution in [-0.4, -0.2) is 21.7 Å². The summed E-state index contributed by atoms with van der Waals surface area (Å²) >= 11 is 1.61. The van der Waals surface area contributed by atoms with Crippen molar-refractivity contribution in [3.05, 3.63) is 38.4 Å². The summed E-state index contributed by atoms with van der Waals surface area (Å²) in [6.45, 7) is 4.93. The summed E-state index contributed by atoms with van der Waals surface area (Å²) in [5.74, 6) is 0.921. The van der Waals surface area contributed by atoms with Gasteiger partial charge in [-0.15, -0.1) is 21.5 Å². The van der Waals surface area contributed by atoms with E-state index in [1.54, 1.807) is 11.3 Å². The van der Waals surface area contributed by atoms with Crippen molar-refractivity contribution in [2.24, 2.45) is 5.92 Å². The van der Waals surface area contributed by atoms with Crippen molar-refractivity contribution in [2.75, 3.05) is 11.9 Å². The Morgan fingerprint density at radius 1 is 1.44 bits per heavy atom. The van der Waals surface area contributed by atoms with Crippen LogP contribution >= 0.6 is 11.3 Å². The lowest BCUT2D eigenvalue weighted by Crippen LogP contribution is -2.21. The molecule has 0 amide bonds. The number of rotatable bonds is 5. The van der Waals surface area contributed by atoms with Crippen molar-refractivity contribution in [3.63, 3.8) is 0 Å². The molecule has 2 rings (SSSR count). The van der Waals surface area contributed by atoms with E-state index in [0.29, 0.717) is 24.0 Å². The minimum Gasteiger partial charge on any atom is -0.354 e. The molecule has 18 heavy (non-hydrogen) atoms. The molecular formula is C12H16N4OS. The molecule has 0 atom stereocenters. The van der Waals surface area contributed by atoms with E-state index >= 15 is 0 Å². The molecule has 2 N–H and O–H groups in total. The van der Waals surface area contributed by atoms with Gasteiger partial charge in [-0.25, -0.2) is 0 Å². The van der Waals surface area contributed by atoms with Crippen LogP contribution in [-0.2, 0) is 6.42 Å². The van der Waals surface area contributed by atoms with Gasteiger partial charge < -0.3 is 5.32 Å². The van der Waals surface area contributed by atoms with Crippen LogP contribution in [0.15, 0.2) is 22.3 Å². The molecule has 0 aromatic carbocycles. The molecule has 2 heterocycles. The quantitative estimate of drug-likeness (QED) is 0.865. The predicted octanol–water partition coefficient (Wildman–Crippen LogP) is 1.89. The number of anilines is 1. The van der Waals surface area contributed by atoms with Crippen LogP contribution in [0.3, 0.4) is 0 Å². The molecule has 96 valence electrons. The maximum Gasteiger partial charge on any atom is 0.274 e. The molecule has 0 fully saturated rings. The van der Waals surface area contributed by atoms with Gasteiger partial charge in [-0.2, -0.15) is 0 Å². The molecule has 0 bridgehead atoms. The third-order valence-corrected chi connectivity index (χ3v) is 3.24. The average Bonchev–Trinajstić information content (AvgIpc) is 2.82. The lowest BCUT2D eigenvalue weighted by atomic mass is 10.2. The Bertz CT molecular complexity index is 547. The average molecular weight is 264 g/mol. The number of nitrogens with one attached hydrogen (secondary N) is 2. The van der Waals surface area contributed by atoms with Gasteiger partial charge in [0, 0.05) is 17.8 Å². The second kappa shape index (κ2) is 5.77. The Hall–Kier alpha value is -1.69. The third kappa shape index (κ3) is 3.40. The molecule has 0 saturated heterocycles. The lowest BCUT2D eigenvalue weighted by molar-refractivity contribution is 0.681. The van der Waals surface area contributed by atoms with E-state index in [1.807, 2.05) is 17.5 Å². The fraction of sp³-hybridized carbons (Fsp3) is 0.417. The molecule has 0 radical (unpaired) electrons. The molecule has 2 aromatic rings. The summed E-state index contributed by atoms with van der Waals surface area (Å²) in [7, 11) is 0. The van der Waals surface area contributed by atoms with Crippen LogP contribution in [0.25, 0.3) is 0 Å². The van der Waals surface area contributed by atoms with Crippen LogP contribution in [0.5, 0.6) is 0 Å². The van der Waals surface area contributed by atoms with Gasteiger partial charge in [-0.05, 0) is 17.4 Å². The second-order valence-electron chi connectivity index (χ2n) is 4.48. The number of hydrogen-bond donors (Lipinski definition) is 2. The lowest BCUT2D eigenvalue weighted by Gasteiger charge is -2.07. The van der Waals surface area contributed by atoms with Gasteiger partial charge in [-0.3, -0.25) is 9.78 Å². The summed E-state index contributed by atoms with van der Waals surface area (Å²) in [4.78, 5) is 15.6. The van der Waals surface area contributed by atoms with Gasteiger partial charge in [0.05, 0.1) is 0 Å². The molecule has 0 aliphatic carbocycles. The molecule has 5 nitrogen and oxygen atoms in total. The Kier molecular flexibility index (Phi) is 4.09. The maximum absolute atomic E-state index is 11.8. The number of thiophene rings is 1. The normalized spacial score (nSPS) is 10.8. The van der Waals surface area contributed by atoms with Gasteiger partial charge >= 0.3 is 0 Å². The van der Waals surface area contributed by atoms with Crippen LogP contribution in [0, 0.1) is 5.92 Å². The smallest absolute Gasteiger partial charge is 0.274 e. The van der Waals surface area contributed by atoms with E-state index in [-0.39, 0.29) is 5.56 Å². The van der Waals surface area contributed by atoms with Crippen molar-refractivity contribution in [1.29, 1.82) is 0 Å². The topological polar surface area (TPSA) is 70.7 Å². The summed E-state index contributed by atoms with van der Waals surface area (Å²) in [5.41, 5.74) is 0.275. The Morgan fingerprint density at radius 2 is 2.28 bits per heavy atom. The zero-order valence-corrected chi connectivity index (χ0v) is 11.3. The first-order valence-corrected chi connectivity index (χ1v) is 6.75. The van der Waals surface area contributed by atoms with Crippen molar-refractivity contribution >= 4 is 17.3 Å². The summed E-state index contributed by atoms with van der Waals surface area (Å²) in [6, 6.07) is 3.94. The molecule has 0 aliphatic heterocycles. The number of aromatic nitrogens is 3. The van der Waals surface area contributed by atoms with Gasteiger partial charge in [0.2, 0.25) is 5.95 Å². The van der Waals surface area contributed by atoms with E-state index in [2.05, 4.69) is 34.3 Å². The van der Waals surface area contributed by atoms with Crippen molar-refractivity contribution in [2.45, 2.75) is 20.3 Å². The summed E-state index contributed by atoms with van der Waals surface area (Å²) < 4.78 is 0. The number of nitrogens with zero attached hydrogens (tertiary/aromatic N) is 2. The Labute approximate surface area is 109 Å². The van der Waals surface area contributed by atoms with E-state index < -0.39 is 0 Å². The fourth-order valence-corrected chi connectivity index (χ4v) is 2.14. The summed E-state index contributed by atoms with van der Waals surface area (Å²) in [5, 5.41) is 13.0. The zero-order valence-electron chi connectivity index (χ0n) is 10.4. The Balaban J connectivity index is 2.08. The summed E-state index contributed by atoms with van der Waals surface area (Å²) in [6.07, 6.45) is 0.532. The zero-order chi connectivity index (χ0) is 13.0. The first kappa shape index (κ1) is 12.8. The first-order chi connectivity index (χ1) is 8.65. The largest absolute Gasteiger partial charge is 0.354 e. The molecular weight excluding hydrogens is 248 g/mol. The van der Waals surface area contributed by atoms with E-state index in [9.17, 15) is 4.79 Å². The maximum atomic E-state index is 11.8. The van der Waals surface area contributed by atoms with Crippen molar-refractivity contribution in [1.82, 2.24) is 15.2 Å². The van der Waals surface area contributed by atoms with E-state index in [4.69, 9.17) is 0 Å². The SMILES string of the molecule is CC(C)CNc1nnc(Cc2cccs2)c(=O)[nH]1. The molecule has 2 aromatic heterocycles. The van der Waals surface area contributed by atoms with Crippen LogP contribution in [0.4, 0.5) is 5.95 Å². The van der Waals surface area contributed by atoms with Gasteiger partial charge in [-0.1, -0.05) is 19.9 Å². The van der Waals surface area contributed by atoms with Crippen LogP contribution < -0.4 is 10.9 Å². The van der Waals surface area contributed by atoms with Crippen molar-refractivity contribution in [3.8, 4) is 0 Å². The minimum atomic E-state index is -0.176. The number of hydrogen-bond acceptors (Lipinski definition) is 5. The Morgan fingerprint density at radius 3 is 2.89 bits per heavy atom. The van der Waals surface area contributed by atoms with E-state index in [0.717, 1.165) is 11.4 Å². The number of H-pyrrole nitrogens is 1. The number of aromatic amines is 1. The van der Waals surface area contributed by atoms with Gasteiger partial charge in [0.1, 0.15) is 5.69 Å². The highest BCUT2D eigenvalue weighted by molar-refractivity contribution is 7.09. The van der Waals surface area contributed by atoms with Crippen LogP contribution in [0.1, 0.15) is 24.4 Å². The van der Waals surface area contributed by atoms with Gasteiger partial charge in [0.15, 0.2) is 0 Å². The third-order valence-electron chi connectivity index (χ3n) is 2.36.